The number of nitrogen functional groups attached to an aromatic ring is 1. The summed E-state index contributed by atoms with van der Waals surface area (Å²) >= 11 is 1.22. The second kappa shape index (κ2) is 8.87. The summed E-state index contributed by atoms with van der Waals surface area (Å²) in [6, 6.07) is 20.9. The molecule has 8 heteroatoms. The fraction of sp³-hybridized carbons (Fsp3) is 0.158. The van der Waals surface area contributed by atoms with Crippen LogP contribution in [0.5, 0.6) is 0 Å². The van der Waals surface area contributed by atoms with Crippen LogP contribution in [0.4, 0.5) is 5.69 Å². The maximum Gasteiger partial charge on any atom is 0.237 e. The molecule has 3 rings (SSSR count). The third kappa shape index (κ3) is 4.46. The van der Waals surface area contributed by atoms with Gasteiger partial charge < -0.3 is 10.7 Å². The van der Waals surface area contributed by atoms with Gasteiger partial charge in [-0.1, -0.05) is 60.3 Å². The minimum Gasteiger partial charge on any atom is -0.335 e. The van der Waals surface area contributed by atoms with Crippen LogP contribution in [0.15, 0.2) is 65.8 Å². The highest BCUT2D eigenvalue weighted by Crippen LogP contribution is 2.22. The van der Waals surface area contributed by atoms with Crippen molar-refractivity contribution in [1.82, 2.24) is 14.9 Å². The number of rotatable bonds is 7. The topological polar surface area (TPSA) is 101 Å². The van der Waals surface area contributed by atoms with E-state index in [1.807, 2.05) is 60.7 Å². The number of anilines is 1. The predicted molar refractivity (Wildman–Crippen MR) is 105 cm³/mol. The Morgan fingerprint density at radius 1 is 1.11 bits per heavy atom. The van der Waals surface area contributed by atoms with E-state index in [1.54, 1.807) is 4.90 Å². The molecule has 0 radical (unpaired) electrons. The van der Waals surface area contributed by atoms with E-state index in [2.05, 4.69) is 16.3 Å². The Morgan fingerprint density at radius 2 is 1.78 bits per heavy atom. The molecule has 0 aliphatic heterocycles. The zero-order valence-electron chi connectivity index (χ0n) is 14.5. The van der Waals surface area contributed by atoms with Crippen LogP contribution in [-0.4, -0.2) is 33.1 Å². The number of carbonyl (C=O) groups excluding carboxylic acids is 1. The highest BCUT2D eigenvalue weighted by molar-refractivity contribution is 7.99. The quantitative estimate of drug-likeness (QED) is 0.501. The number of aromatic nitrogens is 3. The number of thioether (sulfide) groups is 1. The van der Waals surface area contributed by atoms with Crippen LogP contribution < -0.4 is 10.7 Å². The first-order valence-corrected chi connectivity index (χ1v) is 9.30. The van der Waals surface area contributed by atoms with Crippen molar-refractivity contribution in [3.8, 4) is 17.5 Å². The Morgan fingerprint density at radius 3 is 2.44 bits per heavy atom. The van der Waals surface area contributed by atoms with Crippen molar-refractivity contribution >= 4 is 23.4 Å². The van der Waals surface area contributed by atoms with E-state index in [9.17, 15) is 4.79 Å². The largest absolute Gasteiger partial charge is 0.335 e. The Hall–Kier alpha value is -3.31. The molecule has 1 aromatic heterocycles. The molecule has 1 amide bonds. The lowest BCUT2D eigenvalue weighted by molar-refractivity contribution is -0.116. The zero-order valence-corrected chi connectivity index (χ0v) is 15.3. The Kier molecular flexibility index (Phi) is 6.07. The summed E-state index contributed by atoms with van der Waals surface area (Å²) in [4.78, 5) is 14.3. The number of hydrogen-bond acceptors (Lipinski definition) is 6. The highest BCUT2D eigenvalue weighted by Gasteiger charge is 2.18. The molecule has 27 heavy (non-hydrogen) atoms. The van der Waals surface area contributed by atoms with Crippen LogP contribution in [0.3, 0.4) is 0 Å². The first kappa shape index (κ1) is 18.5. The highest BCUT2D eigenvalue weighted by atomic mass is 32.2. The molecule has 1 heterocycles. The van der Waals surface area contributed by atoms with Crippen molar-refractivity contribution in [1.29, 1.82) is 5.26 Å². The number of nitriles is 1. The summed E-state index contributed by atoms with van der Waals surface area (Å²) in [7, 11) is 0. The number of carbonyl (C=O) groups is 1. The van der Waals surface area contributed by atoms with E-state index in [0.29, 0.717) is 17.5 Å². The van der Waals surface area contributed by atoms with Gasteiger partial charge in [0.15, 0.2) is 5.82 Å². The summed E-state index contributed by atoms with van der Waals surface area (Å²) < 4.78 is 1.38. The van der Waals surface area contributed by atoms with Crippen molar-refractivity contribution in [3.63, 3.8) is 0 Å². The molecule has 2 aromatic carbocycles. The maximum absolute atomic E-state index is 12.7. The van der Waals surface area contributed by atoms with Gasteiger partial charge in [-0.25, -0.2) is 4.68 Å². The lowest BCUT2D eigenvalue weighted by Gasteiger charge is -2.21. The number of amides is 1. The minimum absolute atomic E-state index is 0.120. The van der Waals surface area contributed by atoms with Crippen molar-refractivity contribution in [2.75, 3.05) is 23.0 Å². The average molecular weight is 378 g/mol. The second-order valence-electron chi connectivity index (χ2n) is 5.62. The molecule has 0 bridgehead atoms. The number of nitrogens with zero attached hydrogens (tertiary/aromatic N) is 5. The lowest BCUT2D eigenvalue weighted by Crippen LogP contribution is -2.33. The van der Waals surface area contributed by atoms with E-state index in [1.165, 1.54) is 16.4 Å². The van der Waals surface area contributed by atoms with Gasteiger partial charge in [0.05, 0.1) is 18.2 Å². The van der Waals surface area contributed by atoms with E-state index >= 15 is 0 Å². The molecular formula is C19H18N6OS. The molecule has 0 fully saturated rings. The minimum atomic E-state index is -0.120. The number of para-hydroxylation sites is 1. The monoisotopic (exact) mass is 378 g/mol. The summed E-state index contributed by atoms with van der Waals surface area (Å²) in [6.07, 6.45) is 0.260. The van der Waals surface area contributed by atoms with Crippen LogP contribution in [0.2, 0.25) is 0 Å². The summed E-state index contributed by atoms with van der Waals surface area (Å²) in [5.41, 5.74) is 1.61. The second-order valence-corrected chi connectivity index (χ2v) is 6.56. The van der Waals surface area contributed by atoms with E-state index < -0.39 is 0 Å². The van der Waals surface area contributed by atoms with Crippen molar-refractivity contribution in [2.24, 2.45) is 0 Å². The number of hydrogen-bond donors (Lipinski definition) is 1. The summed E-state index contributed by atoms with van der Waals surface area (Å²) in [5.74, 6) is 6.65. The van der Waals surface area contributed by atoms with Crippen LogP contribution in [0, 0.1) is 11.3 Å². The molecule has 0 saturated carbocycles. The average Bonchev–Trinajstić information content (AvgIpc) is 3.08. The van der Waals surface area contributed by atoms with Gasteiger partial charge in [0.25, 0.3) is 0 Å². The van der Waals surface area contributed by atoms with Crippen LogP contribution in [-0.2, 0) is 4.79 Å². The zero-order chi connectivity index (χ0) is 19.1. The molecule has 0 spiro atoms. The molecule has 0 aliphatic carbocycles. The molecule has 0 saturated heterocycles. The van der Waals surface area contributed by atoms with Gasteiger partial charge in [-0.15, -0.1) is 10.2 Å². The van der Waals surface area contributed by atoms with Gasteiger partial charge in [0.1, 0.15) is 0 Å². The molecule has 0 unspecified atom stereocenters. The smallest absolute Gasteiger partial charge is 0.237 e. The fourth-order valence-corrected chi connectivity index (χ4v) is 3.26. The van der Waals surface area contributed by atoms with Crippen LogP contribution >= 0.6 is 11.8 Å². The Balaban J connectivity index is 1.71. The first-order chi connectivity index (χ1) is 13.2. The van der Waals surface area contributed by atoms with Gasteiger partial charge >= 0.3 is 0 Å². The molecule has 136 valence electrons. The van der Waals surface area contributed by atoms with Gasteiger partial charge in [0, 0.05) is 17.8 Å². The summed E-state index contributed by atoms with van der Waals surface area (Å²) in [5, 5.41) is 17.5. The van der Waals surface area contributed by atoms with Crippen LogP contribution in [0.25, 0.3) is 11.4 Å². The Labute approximate surface area is 161 Å². The molecule has 3 aromatic rings. The van der Waals surface area contributed by atoms with Gasteiger partial charge in [-0.05, 0) is 12.1 Å². The van der Waals surface area contributed by atoms with Gasteiger partial charge in [-0.2, -0.15) is 5.26 Å². The lowest BCUT2D eigenvalue weighted by atomic mass is 10.2. The Bertz CT molecular complexity index is 936. The van der Waals surface area contributed by atoms with Gasteiger partial charge in [-0.3, -0.25) is 4.79 Å². The normalized spacial score (nSPS) is 10.3. The van der Waals surface area contributed by atoms with Gasteiger partial charge in [0.2, 0.25) is 11.1 Å². The van der Waals surface area contributed by atoms with E-state index in [0.717, 1.165) is 11.3 Å². The van der Waals surface area contributed by atoms with Crippen molar-refractivity contribution < 1.29 is 4.79 Å². The summed E-state index contributed by atoms with van der Waals surface area (Å²) in [6.45, 7) is 0.338. The number of benzene rings is 2. The molecule has 2 N–H and O–H groups in total. The number of nitrogens with two attached hydrogens (primary N) is 1. The third-order valence-corrected chi connectivity index (χ3v) is 4.77. The van der Waals surface area contributed by atoms with Crippen molar-refractivity contribution in [3.05, 3.63) is 60.7 Å². The van der Waals surface area contributed by atoms with E-state index in [4.69, 9.17) is 11.1 Å². The van der Waals surface area contributed by atoms with Crippen LogP contribution in [0.1, 0.15) is 6.42 Å². The van der Waals surface area contributed by atoms with Crippen molar-refractivity contribution in [2.45, 2.75) is 11.6 Å². The fourth-order valence-electron chi connectivity index (χ4n) is 2.53. The molecular weight excluding hydrogens is 360 g/mol. The first-order valence-electron chi connectivity index (χ1n) is 8.32. The third-order valence-electron chi connectivity index (χ3n) is 3.84. The predicted octanol–water partition coefficient (Wildman–Crippen LogP) is 2.70. The van der Waals surface area contributed by atoms with E-state index in [-0.39, 0.29) is 18.1 Å². The SMILES string of the molecule is N#CCCN(C(=O)CSc1nnc(-c2ccccc2)n1N)c1ccccc1. The standard InChI is InChI=1S/C19H18N6OS/c20-12-7-13-24(16-10-5-2-6-11-16)17(26)14-27-19-23-22-18(25(19)21)15-8-3-1-4-9-15/h1-6,8-11H,7,13-14,21H2. The maximum atomic E-state index is 12.7. The molecule has 0 atom stereocenters. The molecule has 7 nitrogen and oxygen atoms in total. The molecule has 0 aliphatic rings.